The summed E-state index contributed by atoms with van der Waals surface area (Å²) in [5, 5.41) is 6.99. The van der Waals surface area contributed by atoms with Gasteiger partial charge in [-0.05, 0) is 38.5 Å². The molecule has 1 N–H and O–H groups in total. The van der Waals surface area contributed by atoms with Crippen LogP contribution in [0.2, 0.25) is 0 Å². The van der Waals surface area contributed by atoms with Crippen molar-refractivity contribution in [3.63, 3.8) is 0 Å². The molecule has 3 aromatic rings. The lowest BCUT2D eigenvalue weighted by molar-refractivity contribution is -0.119. The predicted molar refractivity (Wildman–Crippen MR) is 114 cm³/mol. The molecule has 3 rings (SSSR count). The highest BCUT2D eigenvalue weighted by Crippen LogP contribution is 2.21. The number of aryl methyl sites for hydroxylation is 3. The third kappa shape index (κ3) is 5.05. The number of nitrogens with zero attached hydrogens (tertiary/aromatic N) is 2. The van der Waals surface area contributed by atoms with Gasteiger partial charge in [-0.15, -0.1) is 0 Å². The van der Waals surface area contributed by atoms with E-state index in [1.807, 2.05) is 38.1 Å². The van der Waals surface area contributed by atoms with Crippen LogP contribution in [-0.2, 0) is 23.2 Å². The van der Waals surface area contributed by atoms with E-state index in [9.17, 15) is 9.59 Å². The second-order valence-corrected chi connectivity index (χ2v) is 7.07. The zero-order valence-electron chi connectivity index (χ0n) is 17.6. The number of benzene rings is 2. The largest absolute Gasteiger partial charge is 0.488 e. The number of rotatable bonds is 7. The molecular weight excluding hydrogens is 382 g/mol. The highest BCUT2D eigenvalue weighted by molar-refractivity contribution is 5.97. The number of nitrogens with one attached hydrogen (secondary N) is 1. The van der Waals surface area contributed by atoms with Crippen LogP contribution in [0.3, 0.4) is 0 Å². The number of esters is 1. The Hall–Kier alpha value is -3.61. The van der Waals surface area contributed by atoms with Gasteiger partial charge in [0.15, 0.2) is 6.61 Å². The smallest absolute Gasteiger partial charge is 0.342 e. The minimum atomic E-state index is -0.621. The van der Waals surface area contributed by atoms with Crippen LogP contribution in [0.1, 0.15) is 32.9 Å². The molecule has 7 nitrogen and oxygen atoms in total. The lowest BCUT2D eigenvalue weighted by atomic mass is 10.1. The Balaban J connectivity index is 1.60. The summed E-state index contributed by atoms with van der Waals surface area (Å²) in [5.74, 6) is -0.645. The van der Waals surface area contributed by atoms with Crippen molar-refractivity contribution in [1.82, 2.24) is 9.78 Å². The zero-order chi connectivity index (χ0) is 21.7. The quantitative estimate of drug-likeness (QED) is 0.604. The van der Waals surface area contributed by atoms with Gasteiger partial charge in [0.05, 0.1) is 17.1 Å². The van der Waals surface area contributed by atoms with E-state index >= 15 is 0 Å². The second kappa shape index (κ2) is 9.26. The monoisotopic (exact) mass is 407 g/mol. The van der Waals surface area contributed by atoms with E-state index in [0.717, 1.165) is 16.8 Å². The first-order valence-corrected chi connectivity index (χ1v) is 9.59. The van der Waals surface area contributed by atoms with E-state index in [4.69, 9.17) is 9.47 Å². The fraction of sp³-hybridized carbons (Fsp3) is 0.261. The van der Waals surface area contributed by atoms with Gasteiger partial charge in [-0.2, -0.15) is 5.10 Å². The maximum atomic E-state index is 12.5. The average Bonchev–Trinajstić information content (AvgIpc) is 2.96. The molecule has 0 saturated heterocycles. The van der Waals surface area contributed by atoms with Crippen LogP contribution in [0.25, 0.3) is 0 Å². The van der Waals surface area contributed by atoms with Gasteiger partial charge >= 0.3 is 5.97 Å². The topological polar surface area (TPSA) is 82.4 Å². The van der Waals surface area contributed by atoms with E-state index in [1.54, 1.807) is 42.9 Å². The fourth-order valence-electron chi connectivity index (χ4n) is 3.06. The van der Waals surface area contributed by atoms with Gasteiger partial charge < -0.3 is 14.8 Å². The first-order valence-electron chi connectivity index (χ1n) is 9.59. The summed E-state index contributed by atoms with van der Waals surface area (Å²) in [4.78, 5) is 24.8. The van der Waals surface area contributed by atoms with Crippen LogP contribution < -0.4 is 10.1 Å². The van der Waals surface area contributed by atoms with Gasteiger partial charge in [0.2, 0.25) is 0 Å². The van der Waals surface area contributed by atoms with Crippen molar-refractivity contribution < 1.29 is 19.1 Å². The van der Waals surface area contributed by atoms with E-state index < -0.39 is 18.5 Å². The Labute approximate surface area is 175 Å². The van der Waals surface area contributed by atoms with Gasteiger partial charge in [0.1, 0.15) is 17.9 Å². The van der Waals surface area contributed by atoms with Crippen molar-refractivity contribution >= 4 is 17.6 Å². The minimum absolute atomic E-state index is 0.270. The molecule has 30 heavy (non-hydrogen) atoms. The maximum Gasteiger partial charge on any atom is 0.342 e. The number of carbonyl (C=O) groups excluding carboxylic acids is 2. The molecule has 0 aliphatic carbocycles. The maximum absolute atomic E-state index is 12.5. The van der Waals surface area contributed by atoms with Crippen LogP contribution in [0.5, 0.6) is 5.75 Å². The Morgan fingerprint density at radius 2 is 1.83 bits per heavy atom. The van der Waals surface area contributed by atoms with Crippen molar-refractivity contribution in [2.24, 2.45) is 7.05 Å². The molecule has 0 aliphatic rings. The first-order chi connectivity index (χ1) is 14.3. The molecule has 0 radical (unpaired) electrons. The molecule has 0 aliphatic heterocycles. The molecule has 156 valence electrons. The molecule has 0 spiro atoms. The third-order valence-electron chi connectivity index (χ3n) is 4.69. The summed E-state index contributed by atoms with van der Waals surface area (Å²) >= 11 is 0. The van der Waals surface area contributed by atoms with Crippen LogP contribution in [0.4, 0.5) is 5.69 Å². The Kier molecular flexibility index (Phi) is 6.51. The van der Waals surface area contributed by atoms with Gasteiger partial charge in [0, 0.05) is 7.05 Å². The van der Waals surface area contributed by atoms with Gasteiger partial charge in [-0.3, -0.25) is 9.48 Å². The Morgan fingerprint density at radius 1 is 1.07 bits per heavy atom. The van der Waals surface area contributed by atoms with Crippen LogP contribution >= 0.6 is 0 Å². The van der Waals surface area contributed by atoms with Crippen molar-refractivity contribution in [3.05, 3.63) is 76.6 Å². The number of hydrogen-bond acceptors (Lipinski definition) is 5. The summed E-state index contributed by atoms with van der Waals surface area (Å²) < 4.78 is 12.7. The minimum Gasteiger partial charge on any atom is -0.488 e. The molecule has 1 heterocycles. The summed E-state index contributed by atoms with van der Waals surface area (Å²) in [6, 6.07) is 14.8. The highest BCUT2D eigenvalue weighted by atomic mass is 16.5. The zero-order valence-corrected chi connectivity index (χ0v) is 17.6. The molecule has 1 amide bonds. The van der Waals surface area contributed by atoms with E-state index in [0.29, 0.717) is 23.7 Å². The van der Waals surface area contributed by atoms with Crippen molar-refractivity contribution in [2.75, 3.05) is 11.9 Å². The molecule has 0 atom stereocenters. The Bertz CT molecular complexity index is 1070. The van der Waals surface area contributed by atoms with Crippen LogP contribution in [-0.4, -0.2) is 28.3 Å². The summed E-state index contributed by atoms with van der Waals surface area (Å²) in [6.45, 7) is 5.58. The lowest BCUT2D eigenvalue weighted by Gasteiger charge is -2.12. The normalized spacial score (nSPS) is 10.5. The van der Waals surface area contributed by atoms with E-state index in [1.165, 1.54) is 0 Å². The Morgan fingerprint density at radius 3 is 2.53 bits per heavy atom. The fourth-order valence-corrected chi connectivity index (χ4v) is 3.06. The number of carbonyl (C=O) groups is 2. The number of ether oxygens (including phenoxy) is 2. The molecule has 1 aromatic heterocycles. The van der Waals surface area contributed by atoms with Crippen molar-refractivity contribution in [2.45, 2.75) is 27.4 Å². The SMILES string of the molecule is Cc1cccc(COc2ccccc2C(=O)OCC(=O)Nc2c(C)nn(C)c2C)c1. The van der Waals surface area contributed by atoms with Crippen LogP contribution in [0, 0.1) is 20.8 Å². The number of aromatic nitrogens is 2. The summed E-state index contributed by atoms with van der Waals surface area (Å²) in [7, 11) is 1.80. The van der Waals surface area contributed by atoms with Crippen molar-refractivity contribution in [3.8, 4) is 5.75 Å². The molecular formula is C23H25N3O4. The van der Waals surface area contributed by atoms with Gasteiger partial charge in [-0.1, -0.05) is 42.0 Å². The number of anilines is 1. The number of para-hydroxylation sites is 1. The number of hydrogen-bond donors (Lipinski definition) is 1. The molecule has 7 heteroatoms. The molecule has 0 bridgehead atoms. The molecule has 0 saturated carbocycles. The van der Waals surface area contributed by atoms with E-state index in [2.05, 4.69) is 10.4 Å². The lowest BCUT2D eigenvalue weighted by Crippen LogP contribution is -2.21. The third-order valence-corrected chi connectivity index (χ3v) is 4.69. The standard InChI is InChI=1S/C23H25N3O4/c1-15-8-7-9-18(12-15)13-29-20-11-6-5-10-19(20)23(28)30-14-21(27)24-22-16(2)25-26(4)17(22)3/h5-12H,13-14H2,1-4H3,(H,24,27). The molecule has 0 unspecified atom stereocenters. The van der Waals surface area contributed by atoms with E-state index in [-0.39, 0.29) is 5.56 Å². The molecule has 2 aromatic carbocycles. The summed E-state index contributed by atoms with van der Waals surface area (Å²) in [5.41, 5.74) is 4.55. The van der Waals surface area contributed by atoms with Gasteiger partial charge in [-0.25, -0.2) is 4.79 Å². The summed E-state index contributed by atoms with van der Waals surface area (Å²) in [6.07, 6.45) is 0. The number of amides is 1. The molecule has 0 fully saturated rings. The van der Waals surface area contributed by atoms with Gasteiger partial charge in [0.25, 0.3) is 5.91 Å². The highest BCUT2D eigenvalue weighted by Gasteiger charge is 2.17. The average molecular weight is 407 g/mol. The van der Waals surface area contributed by atoms with Crippen LogP contribution in [0.15, 0.2) is 48.5 Å². The second-order valence-electron chi connectivity index (χ2n) is 7.07. The van der Waals surface area contributed by atoms with Crippen molar-refractivity contribution in [1.29, 1.82) is 0 Å². The predicted octanol–water partition coefficient (Wildman–Crippen LogP) is 3.72. The first kappa shape index (κ1) is 21.1.